The maximum atomic E-state index is 12.8. The molecule has 3 rings (SSSR count). The summed E-state index contributed by atoms with van der Waals surface area (Å²) >= 11 is 5.58. The van der Waals surface area contributed by atoms with Crippen molar-refractivity contribution >= 4 is 23.3 Å². The van der Waals surface area contributed by atoms with Gasteiger partial charge in [0.25, 0.3) is 0 Å². The van der Waals surface area contributed by atoms with Crippen LogP contribution in [-0.4, -0.2) is 48.6 Å². The third-order valence-corrected chi connectivity index (χ3v) is 5.15. The molecule has 7 heteroatoms. The van der Waals surface area contributed by atoms with E-state index >= 15 is 0 Å². The molecule has 3 atom stereocenters. The Morgan fingerprint density at radius 2 is 2.20 bits per heavy atom. The molecule has 0 radical (unpaired) electrons. The Labute approximate surface area is 153 Å². The Kier molecular flexibility index (Phi) is 5.15. The van der Waals surface area contributed by atoms with Crippen LogP contribution in [0.4, 0.5) is 0 Å². The summed E-state index contributed by atoms with van der Waals surface area (Å²) in [6, 6.07) is 7.48. The van der Waals surface area contributed by atoms with Gasteiger partial charge in [0, 0.05) is 25.8 Å². The number of methoxy groups -OCH3 is 1. The highest BCUT2D eigenvalue weighted by molar-refractivity contribution is 7.80. The molecule has 2 bridgehead atoms. The van der Waals surface area contributed by atoms with E-state index in [0.29, 0.717) is 24.9 Å². The molecule has 0 spiro atoms. The van der Waals surface area contributed by atoms with Crippen molar-refractivity contribution in [2.45, 2.75) is 32.0 Å². The molecule has 1 N–H and O–H groups in total. The highest BCUT2D eigenvalue weighted by atomic mass is 32.1. The normalized spacial score (nSPS) is 27.2. The van der Waals surface area contributed by atoms with Gasteiger partial charge >= 0.3 is 5.97 Å². The van der Waals surface area contributed by atoms with Crippen LogP contribution in [0.25, 0.3) is 0 Å². The summed E-state index contributed by atoms with van der Waals surface area (Å²) in [4.78, 5) is 14.7. The number of thiocarbonyl (C=S) groups is 1. The fraction of sp³-hybridized carbons (Fsp3) is 0.556. The van der Waals surface area contributed by atoms with Crippen LogP contribution in [0.3, 0.4) is 0 Å². The van der Waals surface area contributed by atoms with Gasteiger partial charge < -0.3 is 24.4 Å². The van der Waals surface area contributed by atoms with Gasteiger partial charge in [-0.05, 0) is 38.6 Å². The summed E-state index contributed by atoms with van der Waals surface area (Å²) in [6.07, 6.45) is 0.777. The van der Waals surface area contributed by atoms with Crippen molar-refractivity contribution < 1.29 is 19.0 Å². The van der Waals surface area contributed by atoms with Crippen molar-refractivity contribution in [2.75, 3.05) is 26.9 Å². The molecule has 136 valence electrons. The van der Waals surface area contributed by atoms with Crippen LogP contribution < -0.4 is 10.1 Å². The minimum absolute atomic E-state index is 0.264. The average Bonchev–Trinajstić information content (AvgIpc) is 2.57. The Morgan fingerprint density at radius 1 is 1.44 bits per heavy atom. The molecule has 0 aromatic heterocycles. The van der Waals surface area contributed by atoms with Crippen molar-refractivity contribution in [1.82, 2.24) is 10.2 Å². The molecule has 1 fully saturated rings. The summed E-state index contributed by atoms with van der Waals surface area (Å²) in [5, 5.41) is 3.91. The Bertz CT molecular complexity index is 668. The van der Waals surface area contributed by atoms with Crippen LogP contribution in [0.2, 0.25) is 0 Å². The van der Waals surface area contributed by atoms with Crippen LogP contribution in [0.15, 0.2) is 24.3 Å². The van der Waals surface area contributed by atoms with Gasteiger partial charge in [-0.25, -0.2) is 0 Å². The number of hydrogen-bond acceptors (Lipinski definition) is 5. The number of ether oxygens (including phenoxy) is 3. The lowest BCUT2D eigenvalue weighted by atomic mass is 9.79. The van der Waals surface area contributed by atoms with Gasteiger partial charge in [0.05, 0.1) is 12.6 Å². The van der Waals surface area contributed by atoms with E-state index < -0.39 is 11.6 Å². The zero-order valence-electron chi connectivity index (χ0n) is 14.8. The zero-order chi connectivity index (χ0) is 18.0. The van der Waals surface area contributed by atoms with E-state index in [1.807, 2.05) is 43.0 Å². The third-order valence-electron chi connectivity index (χ3n) is 4.81. The molecule has 6 nitrogen and oxygen atoms in total. The van der Waals surface area contributed by atoms with Crippen molar-refractivity contribution in [3.05, 3.63) is 29.8 Å². The zero-order valence-corrected chi connectivity index (χ0v) is 15.6. The molecule has 2 heterocycles. The van der Waals surface area contributed by atoms with Gasteiger partial charge in [0.1, 0.15) is 11.7 Å². The van der Waals surface area contributed by atoms with E-state index in [0.717, 1.165) is 17.7 Å². The topological polar surface area (TPSA) is 60.0 Å². The molecule has 1 saturated heterocycles. The van der Waals surface area contributed by atoms with Crippen LogP contribution in [0.5, 0.6) is 5.75 Å². The molecular weight excluding hydrogens is 340 g/mol. The van der Waals surface area contributed by atoms with E-state index in [2.05, 4.69) is 5.32 Å². The quantitative estimate of drug-likeness (QED) is 0.472. The predicted molar refractivity (Wildman–Crippen MR) is 97.3 cm³/mol. The smallest absolute Gasteiger partial charge is 0.317 e. The van der Waals surface area contributed by atoms with Crippen LogP contribution in [-0.2, 0) is 14.3 Å². The molecule has 3 unspecified atom stereocenters. The maximum absolute atomic E-state index is 12.8. The summed E-state index contributed by atoms with van der Waals surface area (Å²) < 4.78 is 16.8. The third kappa shape index (κ3) is 3.06. The van der Waals surface area contributed by atoms with Crippen LogP contribution in [0.1, 0.15) is 31.9 Å². The molecule has 25 heavy (non-hydrogen) atoms. The predicted octanol–water partition coefficient (Wildman–Crippen LogP) is 2.24. The number of hydrogen-bond donors (Lipinski definition) is 1. The number of para-hydroxylation sites is 1. The lowest BCUT2D eigenvalue weighted by Crippen LogP contribution is -2.71. The second-order valence-electron chi connectivity index (χ2n) is 6.35. The Morgan fingerprint density at radius 3 is 2.92 bits per heavy atom. The van der Waals surface area contributed by atoms with Gasteiger partial charge in [-0.3, -0.25) is 4.79 Å². The number of esters is 1. The molecule has 0 saturated carbocycles. The monoisotopic (exact) mass is 364 g/mol. The Balaban J connectivity index is 2.01. The minimum Gasteiger partial charge on any atom is -0.467 e. The molecule has 0 aliphatic carbocycles. The van der Waals surface area contributed by atoms with E-state index in [1.165, 1.54) is 0 Å². The number of carbonyl (C=O) groups excluding carboxylic acids is 1. The Hall–Kier alpha value is -1.86. The first kappa shape index (κ1) is 17.9. The van der Waals surface area contributed by atoms with Gasteiger partial charge in [0.15, 0.2) is 10.8 Å². The lowest BCUT2D eigenvalue weighted by molar-refractivity contribution is -0.175. The van der Waals surface area contributed by atoms with E-state index in [4.69, 9.17) is 26.4 Å². The molecule has 2 aliphatic rings. The van der Waals surface area contributed by atoms with Gasteiger partial charge in [-0.2, -0.15) is 0 Å². The van der Waals surface area contributed by atoms with E-state index in [9.17, 15) is 4.79 Å². The molecular formula is C18H24N2O4S. The van der Waals surface area contributed by atoms with Crippen LogP contribution in [0, 0.1) is 5.92 Å². The first-order valence-corrected chi connectivity index (χ1v) is 8.95. The second-order valence-corrected chi connectivity index (χ2v) is 6.74. The molecule has 1 aromatic carbocycles. The maximum Gasteiger partial charge on any atom is 0.317 e. The van der Waals surface area contributed by atoms with Gasteiger partial charge in [-0.1, -0.05) is 18.2 Å². The molecule has 1 aromatic rings. The number of carbonyl (C=O) groups is 1. The van der Waals surface area contributed by atoms with Crippen molar-refractivity contribution in [1.29, 1.82) is 0 Å². The number of rotatable bonds is 6. The fourth-order valence-corrected chi connectivity index (χ4v) is 4.08. The minimum atomic E-state index is -0.901. The summed E-state index contributed by atoms with van der Waals surface area (Å²) in [5.74, 6) is -0.0323. The summed E-state index contributed by atoms with van der Waals surface area (Å²) in [5.41, 5.74) is 0.0263. The van der Waals surface area contributed by atoms with Crippen molar-refractivity contribution in [2.24, 2.45) is 5.92 Å². The van der Waals surface area contributed by atoms with Gasteiger partial charge in [0.2, 0.25) is 0 Å². The van der Waals surface area contributed by atoms with Gasteiger partial charge in [-0.15, -0.1) is 0 Å². The van der Waals surface area contributed by atoms with Crippen molar-refractivity contribution in [3.63, 3.8) is 0 Å². The summed E-state index contributed by atoms with van der Waals surface area (Å²) in [6.45, 7) is 5.29. The fourth-order valence-electron chi connectivity index (χ4n) is 3.68. The van der Waals surface area contributed by atoms with Crippen molar-refractivity contribution in [3.8, 4) is 5.75 Å². The standard InChI is InChI=1S/C18H24N2O4S/c1-4-23-16(21)14-15-12-8-5-6-9-13(12)24-18(14,2)20(17(25)19-15)10-7-11-22-3/h5-6,8-9,14-15H,4,7,10-11H2,1-3H3,(H,19,25). The number of nitrogens with zero attached hydrogens (tertiary/aromatic N) is 1. The number of fused-ring (bicyclic) bond motifs is 4. The SMILES string of the molecule is CCOC(=O)C1C2NC(=S)N(CCCOC)C1(C)Oc1ccccc12. The lowest BCUT2D eigenvalue weighted by Gasteiger charge is -2.55. The summed E-state index contributed by atoms with van der Waals surface area (Å²) in [7, 11) is 1.67. The highest BCUT2D eigenvalue weighted by Gasteiger charge is 2.59. The largest absolute Gasteiger partial charge is 0.467 e. The average molecular weight is 364 g/mol. The first-order valence-electron chi connectivity index (χ1n) is 8.54. The second kappa shape index (κ2) is 7.17. The first-order chi connectivity index (χ1) is 12.0. The molecule has 2 aliphatic heterocycles. The number of nitrogens with one attached hydrogen (secondary N) is 1. The number of benzene rings is 1. The van der Waals surface area contributed by atoms with Crippen LogP contribution >= 0.6 is 12.2 Å². The molecule has 0 amide bonds. The van der Waals surface area contributed by atoms with E-state index in [-0.39, 0.29) is 12.0 Å². The highest BCUT2D eigenvalue weighted by Crippen LogP contribution is 2.48. The van der Waals surface area contributed by atoms with E-state index in [1.54, 1.807) is 7.11 Å².